The van der Waals surface area contributed by atoms with Gasteiger partial charge in [0.15, 0.2) is 0 Å². The van der Waals surface area contributed by atoms with E-state index in [1.165, 1.54) is 0 Å². The van der Waals surface area contributed by atoms with Gasteiger partial charge in [-0.3, -0.25) is 0 Å². The first kappa shape index (κ1) is 17.6. The van der Waals surface area contributed by atoms with Gasteiger partial charge in [0, 0.05) is 10.9 Å². The molecule has 3 nitrogen and oxygen atoms in total. The number of hydrogen-bond donors (Lipinski definition) is 1. The first-order chi connectivity index (χ1) is 11.8. The molecule has 2 atom stereocenters. The summed E-state index contributed by atoms with van der Waals surface area (Å²) in [5, 5.41) is 3.74. The summed E-state index contributed by atoms with van der Waals surface area (Å²) in [6.07, 6.45) is 3.80. The van der Waals surface area contributed by atoms with Gasteiger partial charge < -0.3 is 10.1 Å². The molecule has 2 aromatic carbocycles. The quantitative estimate of drug-likeness (QED) is 0.748. The number of benzene rings is 2. The smallest absolute Gasteiger partial charge is 0.408 e. The lowest BCUT2D eigenvalue weighted by molar-refractivity contribution is 0.0499. The maximum absolute atomic E-state index is 12.4. The number of amides is 1. The normalized spacial score (nSPS) is 19.2. The zero-order valence-corrected chi connectivity index (χ0v) is 15.4. The SMILES string of the molecule is CC(C)(C)OC(=O)N[C@@H]1c2ccccc2C=C[C@@H]1c1ccc(Cl)cc1. The minimum absolute atomic E-state index is 0.0136. The second-order valence-electron chi connectivity index (χ2n) is 7.19. The molecule has 0 fully saturated rings. The van der Waals surface area contributed by atoms with Crippen LogP contribution in [0.3, 0.4) is 0 Å². The predicted octanol–water partition coefficient (Wildman–Crippen LogP) is 5.72. The average Bonchev–Trinajstić information content (AvgIpc) is 2.54. The van der Waals surface area contributed by atoms with E-state index in [-0.39, 0.29) is 12.0 Å². The number of ether oxygens (including phenoxy) is 1. The van der Waals surface area contributed by atoms with E-state index in [2.05, 4.69) is 17.5 Å². The Balaban J connectivity index is 1.94. The molecule has 25 heavy (non-hydrogen) atoms. The van der Waals surface area contributed by atoms with Crippen molar-refractivity contribution < 1.29 is 9.53 Å². The zero-order valence-electron chi connectivity index (χ0n) is 14.6. The Labute approximate surface area is 153 Å². The Morgan fingerprint density at radius 2 is 1.76 bits per heavy atom. The molecule has 130 valence electrons. The van der Waals surface area contributed by atoms with Gasteiger partial charge in [0.05, 0.1) is 6.04 Å². The fourth-order valence-corrected chi connectivity index (χ4v) is 3.17. The molecule has 3 rings (SSSR count). The number of alkyl carbamates (subject to hydrolysis) is 1. The van der Waals surface area contributed by atoms with E-state index in [9.17, 15) is 4.79 Å². The van der Waals surface area contributed by atoms with Gasteiger partial charge in [-0.05, 0) is 49.6 Å². The molecule has 0 saturated heterocycles. The zero-order chi connectivity index (χ0) is 18.0. The second-order valence-corrected chi connectivity index (χ2v) is 7.63. The summed E-state index contributed by atoms with van der Waals surface area (Å²) in [7, 11) is 0. The van der Waals surface area contributed by atoms with E-state index in [4.69, 9.17) is 16.3 Å². The van der Waals surface area contributed by atoms with Crippen LogP contribution in [0.25, 0.3) is 6.08 Å². The van der Waals surface area contributed by atoms with E-state index in [1.807, 2.05) is 69.3 Å². The lowest BCUT2D eigenvalue weighted by atomic mass is 9.81. The molecule has 2 aromatic rings. The van der Waals surface area contributed by atoms with Crippen LogP contribution in [0.2, 0.25) is 5.02 Å². The van der Waals surface area contributed by atoms with Crippen molar-refractivity contribution in [1.82, 2.24) is 5.32 Å². The van der Waals surface area contributed by atoms with E-state index in [0.717, 1.165) is 16.7 Å². The van der Waals surface area contributed by atoms with Crippen molar-refractivity contribution in [3.8, 4) is 0 Å². The standard InChI is InChI=1S/C21H22ClNO2/c1-21(2,3)25-20(24)23-19-17-7-5-4-6-14(17)10-13-18(19)15-8-11-16(22)12-9-15/h4-13,18-19H,1-3H3,(H,23,24)/t18-,19-/m1/s1. The molecule has 0 aromatic heterocycles. The van der Waals surface area contributed by atoms with Gasteiger partial charge in [-0.25, -0.2) is 4.79 Å². The first-order valence-electron chi connectivity index (χ1n) is 8.35. The number of carbonyl (C=O) groups is 1. The molecule has 0 unspecified atom stereocenters. The molecule has 1 N–H and O–H groups in total. The highest BCUT2D eigenvalue weighted by Crippen LogP contribution is 2.39. The molecule has 0 radical (unpaired) electrons. The van der Waals surface area contributed by atoms with Crippen LogP contribution in [-0.2, 0) is 4.74 Å². The summed E-state index contributed by atoms with van der Waals surface area (Å²) < 4.78 is 5.46. The Morgan fingerprint density at radius 3 is 2.44 bits per heavy atom. The molecule has 4 heteroatoms. The summed E-state index contributed by atoms with van der Waals surface area (Å²) in [6, 6.07) is 15.6. The predicted molar refractivity (Wildman–Crippen MR) is 102 cm³/mol. The number of hydrogen-bond acceptors (Lipinski definition) is 2. The van der Waals surface area contributed by atoms with Crippen LogP contribution in [0.4, 0.5) is 4.79 Å². The Kier molecular flexibility index (Phi) is 4.87. The van der Waals surface area contributed by atoms with E-state index in [1.54, 1.807) is 0 Å². The van der Waals surface area contributed by atoms with Crippen LogP contribution in [-0.4, -0.2) is 11.7 Å². The minimum atomic E-state index is -0.538. The first-order valence-corrected chi connectivity index (χ1v) is 8.73. The highest BCUT2D eigenvalue weighted by Gasteiger charge is 2.30. The summed E-state index contributed by atoms with van der Waals surface area (Å²) in [5.41, 5.74) is 2.74. The van der Waals surface area contributed by atoms with Crippen molar-refractivity contribution in [2.24, 2.45) is 0 Å². The Bertz CT molecular complexity index is 790. The molecule has 1 amide bonds. The minimum Gasteiger partial charge on any atom is -0.444 e. The highest BCUT2D eigenvalue weighted by atomic mass is 35.5. The van der Waals surface area contributed by atoms with Crippen molar-refractivity contribution in [3.05, 3.63) is 76.3 Å². The molecule has 1 aliphatic rings. The summed E-state index contributed by atoms with van der Waals surface area (Å²) in [6.45, 7) is 5.58. The van der Waals surface area contributed by atoms with Crippen LogP contribution in [0.1, 0.15) is 49.4 Å². The third-order valence-electron chi connectivity index (χ3n) is 4.10. The van der Waals surface area contributed by atoms with Crippen molar-refractivity contribution in [2.75, 3.05) is 0 Å². The fraction of sp³-hybridized carbons (Fsp3) is 0.286. The van der Waals surface area contributed by atoms with Gasteiger partial charge in [-0.1, -0.05) is 60.2 Å². The van der Waals surface area contributed by atoms with Crippen molar-refractivity contribution in [1.29, 1.82) is 0 Å². The van der Waals surface area contributed by atoms with E-state index < -0.39 is 11.7 Å². The van der Waals surface area contributed by atoms with Crippen LogP contribution in [0.15, 0.2) is 54.6 Å². The molecule has 1 aliphatic carbocycles. The second kappa shape index (κ2) is 6.93. The van der Waals surface area contributed by atoms with Gasteiger partial charge >= 0.3 is 6.09 Å². The van der Waals surface area contributed by atoms with Gasteiger partial charge in [-0.2, -0.15) is 0 Å². The number of halogens is 1. The number of rotatable bonds is 2. The molecule has 0 saturated carbocycles. The molecular weight excluding hydrogens is 334 g/mol. The molecule has 0 heterocycles. The van der Waals surface area contributed by atoms with Crippen molar-refractivity contribution in [2.45, 2.75) is 38.3 Å². The number of carbonyl (C=O) groups excluding carboxylic acids is 1. The van der Waals surface area contributed by atoms with Crippen LogP contribution >= 0.6 is 11.6 Å². The maximum atomic E-state index is 12.4. The third kappa shape index (κ3) is 4.23. The Hall–Kier alpha value is -2.26. The van der Waals surface area contributed by atoms with Crippen LogP contribution in [0, 0.1) is 0 Å². The lowest BCUT2D eigenvalue weighted by Gasteiger charge is -2.32. The molecule has 0 aliphatic heterocycles. The van der Waals surface area contributed by atoms with Crippen LogP contribution < -0.4 is 5.32 Å². The summed E-state index contributed by atoms with van der Waals surface area (Å²) in [4.78, 5) is 12.4. The highest BCUT2D eigenvalue weighted by molar-refractivity contribution is 6.30. The van der Waals surface area contributed by atoms with E-state index in [0.29, 0.717) is 5.02 Å². The van der Waals surface area contributed by atoms with E-state index >= 15 is 0 Å². The Morgan fingerprint density at radius 1 is 1.08 bits per heavy atom. The third-order valence-corrected chi connectivity index (χ3v) is 4.35. The van der Waals surface area contributed by atoms with Crippen LogP contribution in [0.5, 0.6) is 0 Å². The van der Waals surface area contributed by atoms with Crippen molar-refractivity contribution in [3.63, 3.8) is 0 Å². The van der Waals surface area contributed by atoms with Gasteiger partial charge in [-0.15, -0.1) is 0 Å². The van der Waals surface area contributed by atoms with Gasteiger partial charge in [0.25, 0.3) is 0 Å². The monoisotopic (exact) mass is 355 g/mol. The fourth-order valence-electron chi connectivity index (χ4n) is 3.05. The number of fused-ring (bicyclic) bond motifs is 1. The van der Waals surface area contributed by atoms with Crippen molar-refractivity contribution >= 4 is 23.8 Å². The summed E-state index contributed by atoms with van der Waals surface area (Å²) in [5.74, 6) is 0.0136. The van der Waals surface area contributed by atoms with Gasteiger partial charge in [0.2, 0.25) is 0 Å². The van der Waals surface area contributed by atoms with Gasteiger partial charge in [0.1, 0.15) is 5.60 Å². The lowest BCUT2D eigenvalue weighted by Crippen LogP contribution is -2.37. The largest absolute Gasteiger partial charge is 0.444 e. The molecule has 0 bridgehead atoms. The molecule has 0 spiro atoms. The maximum Gasteiger partial charge on any atom is 0.408 e. The number of nitrogens with one attached hydrogen (secondary N) is 1. The summed E-state index contributed by atoms with van der Waals surface area (Å²) >= 11 is 6.02. The molecular formula is C21H22ClNO2. The average molecular weight is 356 g/mol. The topological polar surface area (TPSA) is 38.3 Å².